The van der Waals surface area contributed by atoms with Crippen LogP contribution in [0, 0.1) is 0 Å². The van der Waals surface area contributed by atoms with Crippen molar-refractivity contribution in [2.24, 2.45) is 0 Å². The van der Waals surface area contributed by atoms with Crippen molar-refractivity contribution in [3.63, 3.8) is 0 Å². The number of anilines is 1. The lowest BCUT2D eigenvalue weighted by molar-refractivity contribution is 0.0947. The van der Waals surface area contributed by atoms with Crippen LogP contribution in [0.25, 0.3) is 0 Å². The van der Waals surface area contributed by atoms with E-state index in [4.69, 9.17) is 4.74 Å². The number of benzene rings is 2. The molecule has 0 aromatic heterocycles. The molecule has 2 aromatic rings. The Bertz CT molecular complexity index is 847. The number of hydrogen-bond donors (Lipinski definition) is 1. The minimum absolute atomic E-state index is 0.0207. The number of carbonyl (C=O) groups is 1. The van der Waals surface area contributed by atoms with E-state index in [1.807, 2.05) is 24.3 Å². The van der Waals surface area contributed by atoms with Crippen molar-refractivity contribution in [3.05, 3.63) is 59.7 Å². The summed E-state index contributed by atoms with van der Waals surface area (Å²) in [5.41, 5.74) is 2.23. The fraction of sp³-hybridized carbons (Fsp3) is 0.350. The van der Waals surface area contributed by atoms with Crippen LogP contribution >= 0.6 is 0 Å². The van der Waals surface area contributed by atoms with E-state index in [2.05, 4.69) is 12.2 Å². The summed E-state index contributed by atoms with van der Waals surface area (Å²) < 4.78 is 30.6. The molecule has 2 rings (SSSR count). The summed E-state index contributed by atoms with van der Waals surface area (Å²) in [6.07, 6.45) is 0.981. The normalized spacial score (nSPS) is 11.1. The monoisotopic (exact) mass is 390 g/mol. The molecule has 7 heteroatoms. The van der Waals surface area contributed by atoms with E-state index < -0.39 is 10.0 Å². The van der Waals surface area contributed by atoms with Gasteiger partial charge in [0, 0.05) is 12.6 Å². The quantitative estimate of drug-likeness (QED) is 0.668. The lowest BCUT2D eigenvalue weighted by Crippen LogP contribution is -2.29. The van der Waals surface area contributed by atoms with Gasteiger partial charge in [0.25, 0.3) is 5.91 Å². The maximum absolute atomic E-state index is 12.2. The van der Waals surface area contributed by atoms with E-state index in [-0.39, 0.29) is 11.7 Å². The highest BCUT2D eigenvalue weighted by Gasteiger charge is 2.16. The van der Waals surface area contributed by atoms with E-state index in [1.165, 1.54) is 16.9 Å². The van der Waals surface area contributed by atoms with Gasteiger partial charge in [-0.05, 0) is 55.3 Å². The number of sulfonamides is 1. The Morgan fingerprint density at radius 1 is 1.04 bits per heavy atom. The Balaban J connectivity index is 1.83. The number of ether oxygens (including phenoxy) is 1. The van der Waals surface area contributed by atoms with Gasteiger partial charge in [0.15, 0.2) is 0 Å². The Kier molecular flexibility index (Phi) is 7.24. The standard InChI is InChI=1S/C20H26N2O4S/c1-4-16-6-12-19(13-7-16)26-15-14-21-20(23)17-8-10-18(11-9-17)22(3)27(24,25)5-2/h6-13H,4-5,14-15H2,1-3H3,(H,21,23). The largest absolute Gasteiger partial charge is 0.492 e. The van der Waals surface area contributed by atoms with Gasteiger partial charge in [-0.15, -0.1) is 0 Å². The molecule has 0 radical (unpaired) electrons. The average molecular weight is 391 g/mol. The number of rotatable bonds is 9. The molecule has 0 saturated heterocycles. The van der Waals surface area contributed by atoms with Gasteiger partial charge in [-0.1, -0.05) is 19.1 Å². The molecule has 0 atom stereocenters. The molecule has 0 aliphatic carbocycles. The number of hydrogen-bond acceptors (Lipinski definition) is 4. The second-order valence-corrected chi connectivity index (χ2v) is 8.31. The smallest absolute Gasteiger partial charge is 0.251 e. The summed E-state index contributed by atoms with van der Waals surface area (Å²) in [6, 6.07) is 14.3. The molecule has 6 nitrogen and oxygen atoms in total. The molecule has 0 aliphatic rings. The third-order valence-electron chi connectivity index (χ3n) is 4.26. The summed E-state index contributed by atoms with van der Waals surface area (Å²) in [6.45, 7) is 4.43. The number of carbonyl (C=O) groups excluding carboxylic acids is 1. The maximum Gasteiger partial charge on any atom is 0.251 e. The second-order valence-electron chi connectivity index (χ2n) is 6.02. The van der Waals surface area contributed by atoms with Crippen molar-refractivity contribution in [2.75, 3.05) is 30.3 Å². The van der Waals surface area contributed by atoms with Gasteiger partial charge in [-0.3, -0.25) is 9.10 Å². The minimum Gasteiger partial charge on any atom is -0.492 e. The zero-order valence-corrected chi connectivity index (χ0v) is 16.8. The Labute approximate surface area is 161 Å². The van der Waals surface area contributed by atoms with Crippen molar-refractivity contribution in [1.82, 2.24) is 5.32 Å². The molecular formula is C20H26N2O4S. The summed E-state index contributed by atoms with van der Waals surface area (Å²) in [7, 11) is -1.82. The van der Waals surface area contributed by atoms with Crippen LogP contribution in [0.4, 0.5) is 5.69 Å². The van der Waals surface area contributed by atoms with Gasteiger partial charge >= 0.3 is 0 Å². The molecule has 0 spiro atoms. The van der Waals surface area contributed by atoms with Crippen LogP contribution in [-0.2, 0) is 16.4 Å². The van der Waals surface area contributed by atoms with Crippen molar-refractivity contribution in [2.45, 2.75) is 20.3 Å². The second kappa shape index (κ2) is 9.41. The highest BCUT2D eigenvalue weighted by molar-refractivity contribution is 7.92. The summed E-state index contributed by atoms with van der Waals surface area (Å²) in [4.78, 5) is 12.2. The third-order valence-corrected chi connectivity index (χ3v) is 6.04. The van der Waals surface area contributed by atoms with Crippen molar-refractivity contribution < 1.29 is 17.9 Å². The van der Waals surface area contributed by atoms with Crippen molar-refractivity contribution >= 4 is 21.6 Å². The zero-order chi connectivity index (χ0) is 19.9. The molecule has 0 fully saturated rings. The van der Waals surface area contributed by atoms with Crippen molar-refractivity contribution in [1.29, 1.82) is 0 Å². The predicted molar refractivity (Wildman–Crippen MR) is 108 cm³/mol. The number of amides is 1. The van der Waals surface area contributed by atoms with Crippen LogP contribution in [-0.4, -0.2) is 40.3 Å². The Morgan fingerprint density at radius 2 is 1.67 bits per heavy atom. The molecule has 0 heterocycles. The summed E-state index contributed by atoms with van der Waals surface area (Å²) in [5, 5.41) is 2.79. The topological polar surface area (TPSA) is 75.7 Å². The predicted octanol–water partition coefficient (Wildman–Crippen LogP) is 2.84. The average Bonchev–Trinajstić information content (AvgIpc) is 2.71. The van der Waals surface area contributed by atoms with Crippen LogP contribution in [0.3, 0.4) is 0 Å². The van der Waals surface area contributed by atoms with E-state index in [0.29, 0.717) is 24.4 Å². The number of nitrogens with zero attached hydrogens (tertiary/aromatic N) is 1. The van der Waals surface area contributed by atoms with E-state index in [9.17, 15) is 13.2 Å². The van der Waals surface area contributed by atoms with Crippen LogP contribution in [0.2, 0.25) is 0 Å². The fourth-order valence-corrected chi connectivity index (χ4v) is 3.26. The Morgan fingerprint density at radius 3 is 2.22 bits per heavy atom. The lowest BCUT2D eigenvalue weighted by atomic mass is 10.2. The minimum atomic E-state index is -3.32. The van der Waals surface area contributed by atoms with Crippen LogP contribution in [0.5, 0.6) is 5.75 Å². The van der Waals surface area contributed by atoms with Gasteiger partial charge < -0.3 is 10.1 Å². The van der Waals surface area contributed by atoms with Crippen LogP contribution < -0.4 is 14.4 Å². The first-order chi connectivity index (χ1) is 12.9. The highest BCUT2D eigenvalue weighted by atomic mass is 32.2. The summed E-state index contributed by atoms with van der Waals surface area (Å²) >= 11 is 0. The van der Waals surface area contributed by atoms with Gasteiger partial charge in [0.1, 0.15) is 12.4 Å². The SMILES string of the molecule is CCc1ccc(OCCNC(=O)c2ccc(N(C)S(=O)(=O)CC)cc2)cc1. The maximum atomic E-state index is 12.2. The van der Waals surface area contributed by atoms with Crippen molar-refractivity contribution in [3.8, 4) is 5.75 Å². The molecule has 2 aromatic carbocycles. The molecule has 0 aliphatic heterocycles. The van der Waals surface area contributed by atoms with Crippen LogP contribution in [0.15, 0.2) is 48.5 Å². The lowest BCUT2D eigenvalue weighted by Gasteiger charge is -2.18. The number of nitrogens with one attached hydrogen (secondary N) is 1. The first kappa shape index (κ1) is 20.8. The van der Waals surface area contributed by atoms with Gasteiger partial charge in [-0.2, -0.15) is 0 Å². The zero-order valence-electron chi connectivity index (χ0n) is 15.9. The third kappa shape index (κ3) is 5.72. The fourth-order valence-electron chi connectivity index (χ4n) is 2.43. The Hall–Kier alpha value is -2.54. The summed E-state index contributed by atoms with van der Waals surface area (Å²) in [5.74, 6) is 0.561. The molecular weight excluding hydrogens is 364 g/mol. The molecule has 27 heavy (non-hydrogen) atoms. The molecule has 0 unspecified atom stereocenters. The highest BCUT2D eigenvalue weighted by Crippen LogP contribution is 2.17. The molecule has 0 saturated carbocycles. The van der Waals surface area contributed by atoms with Gasteiger partial charge in [0.2, 0.25) is 10.0 Å². The first-order valence-electron chi connectivity index (χ1n) is 8.94. The van der Waals surface area contributed by atoms with E-state index in [0.717, 1.165) is 12.2 Å². The van der Waals surface area contributed by atoms with Gasteiger partial charge in [-0.25, -0.2) is 8.42 Å². The van der Waals surface area contributed by atoms with E-state index >= 15 is 0 Å². The number of aryl methyl sites for hydroxylation is 1. The molecule has 146 valence electrons. The molecule has 0 bridgehead atoms. The molecule has 1 N–H and O–H groups in total. The molecule has 1 amide bonds. The van der Waals surface area contributed by atoms with Gasteiger partial charge in [0.05, 0.1) is 18.0 Å². The first-order valence-corrected chi connectivity index (χ1v) is 10.5. The van der Waals surface area contributed by atoms with E-state index in [1.54, 1.807) is 31.2 Å². The van der Waals surface area contributed by atoms with Crippen LogP contribution in [0.1, 0.15) is 29.8 Å².